The van der Waals surface area contributed by atoms with Gasteiger partial charge >= 0.3 is 5.97 Å². The summed E-state index contributed by atoms with van der Waals surface area (Å²) in [6.45, 7) is 0. The van der Waals surface area contributed by atoms with Crippen LogP contribution in [0.1, 0.15) is 47.7 Å². The highest BCUT2D eigenvalue weighted by Gasteiger charge is 2.26. The highest BCUT2D eigenvalue weighted by Crippen LogP contribution is 2.37. The van der Waals surface area contributed by atoms with Gasteiger partial charge in [0.25, 0.3) is 0 Å². The molecule has 1 fully saturated rings. The van der Waals surface area contributed by atoms with E-state index in [1.54, 1.807) is 0 Å². The van der Waals surface area contributed by atoms with E-state index < -0.39 is 5.97 Å². The quantitative estimate of drug-likeness (QED) is 0.765. The van der Waals surface area contributed by atoms with Crippen molar-refractivity contribution < 1.29 is 9.90 Å². The van der Waals surface area contributed by atoms with Gasteiger partial charge in [0.05, 0.1) is 0 Å². The topological polar surface area (TPSA) is 89.1 Å². The lowest BCUT2D eigenvalue weighted by atomic mass is 9.96. The van der Waals surface area contributed by atoms with Crippen LogP contribution >= 0.6 is 0 Å². The standard InChI is InChI=1S/C10H13N3O2/c11-9-7(6-3-1-2-4-6)8(10(14)15)12-5-13-9/h5-6H,1-4H2,(H,14,15)(H2,11,12,13). The van der Waals surface area contributed by atoms with Gasteiger partial charge < -0.3 is 10.8 Å². The van der Waals surface area contributed by atoms with Crippen molar-refractivity contribution in [2.45, 2.75) is 31.6 Å². The predicted molar refractivity (Wildman–Crippen MR) is 54.6 cm³/mol. The van der Waals surface area contributed by atoms with Crippen molar-refractivity contribution in [2.75, 3.05) is 5.73 Å². The molecule has 0 unspecified atom stereocenters. The molecule has 2 rings (SSSR count). The number of carboxylic acid groups (broad SMARTS) is 1. The average molecular weight is 207 g/mol. The fourth-order valence-electron chi connectivity index (χ4n) is 2.20. The van der Waals surface area contributed by atoms with Gasteiger partial charge in [-0.1, -0.05) is 12.8 Å². The molecule has 0 aromatic carbocycles. The Morgan fingerprint density at radius 2 is 2.07 bits per heavy atom. The van der Waals surface area contributed by atoms with Gasteiger partial charge in [0.1, 0.15) is 12.1 Å². The molecule has 1 aliphatic rings. The highest BCUT2D eigenvalue weighted by molar-refractivity contribution is 5.88. The van der Waals surface area contributed by atoms with Gasteiger partial charge in [-0.25, -0.2) is 14.8 Å². The monoisotopic (exact) mass is 207 g/mol. The summed E-state index contributed by atoms with van der Waals surface area (Å²) >= 11 is 0. The first-order valence-corrected chi connectivity index (χ1v) is 5.04. The molecule has 0 bridgehead atoms. The molecule has 1 heterocycles. The summed E-state index contributed by atoms with van der Waals surface area (Å²) in [5, 5.41) is 9.00. The molecule has 0 aliphatic heterocycles. The Morgan fingerprint density at radius 1 is 1.40 bits per heavy atom. The number of nitrogens with zero attached hydrogens (tertiary/aromatic N) is 2. The van der Waals surface area contributed by atoms with Gasteiger partial charge in [0.2, 0.25) is 0 Å². The van der Waals surface area contributed by atoms with Gasteiger partial charge in [0, 0.05) is 5.56 Å². The highest BCUT2D eigenvalue weighted by atomic mass is 16.4. The molecular formula is C10H13N3O2. The minimum atomic E-state index is -1.02. The number of nitrogens with two attached hydrogens (primary N) is 1. The van der Waals surface area contributed by atoms with Crippen LogP contribution in [0.25, 0.3) is 0 Å². The molecule has 0 saturated heterocycles. The summed E-state index contributed by atoms with van der Waals surface area (Å²) in [5.74, 6) is -0.488. The summed E-state index contributed by atoms with van der Waals surface area (Å²) in [4.78, 5) is 18.6. The lowest BCUT2D eigenvalue weighted by Gasteiger charge is -2.13. The second-order valence-corrected chi connectivity index (χ2v) is 3.81. The Balaban J connectivity index is 2.46. The van der Waals surface area contributed by atoms with Crippen LogP contribution in [0, 0.1) is 0 Å². The largest absolute Gasteiger partial charge is 0.476 e. The molecule has 0 spiro atoms. The molecule has 0 amide bonds. The first-order valence-electron chi connectivity index (χ1n) is 5.04. The van der Waals surface area contributed by atoms with Gasteiger partial charge in [-0.05, 0) is 18.8 Å². The average Bonchev–Trinajstić information content (AvgIpc) is 2.70. The fourth-order valence-corrected chi connectivity index (χ4v) is 2.20. The minimum Gasteiger partial charge on any atom is -0.476 e. The van der Waals surface area contributed by atoms with Crippen molar-refractivity contribution in [3.05, 3.63) is 17.6 Å². The fraction of sp³-hybridized carbons (Fsp3) is 0.500. The first-order chi connectivity index (χ1) is 7.20. The third kappa shape index (κ3) is 1.77. The molecule has 80 valence electrons. The number of rotatable bonds is 2. The van der Waals surface area contributed by atoms with Crippen molar-refractivity contribution in [3.63, 3.8) is 0 Å². The zero-order chi connectivity index (χ0) is 10.8. The van der Waals surface area contributed by atoms with E-state index in [2.05, 4.69) is 9.97 Å². The molecule has 15 heavy (non-hydrogen) atoms. The lowest BCUT2D eigenvalue weighted by Crippen LogP contribution is -2.12. The zero-order valence-electron chi connectivity index (χ0n) is 8.31. The van der Waals surface area contributed by atoms with Crippen molar-refractivity contribution in [1.82, 2.24) is 9.97 Å². The van der Waals surface area contributed by atoms with Gasteiger partial charge in [-0.3, -0.25) is 0 Å². The summed E-state index contributed by atoms with van der Waals surface area (Å²) in [6, 6.07) is 0. The number of aromatic carboxylic acids is 1. The number of aromatic nitrogens is 2. The Kier molecular flexibility index (Phi) is 2.53. The summed E-state index contributed by atoms with van der Waals surface area (Å²) in [6.07, 6.45) is 5.42. The molecule has 3 N–H and O–H groups in total. The number of carbonyl (C=O) groups is 1. The summed E-state index contributed by atoms with van der Waals surface area (Å²) in [7, 11) is 0. The van der Waals surface area contributed by atoms with Crippen LogP contribution in [0.4, 0.5) is 5.82 Å². The molecule has 5 heteroatoms. The second kappa shape index (κ2) is 3.84. The Bertz CT molecular complexity index is 386. The van der Waals surface area contributed by atoms with Gasteiger partial charge in [0.15, 0.2) is 5.69 Å². The predicted octanol–water partition coefficient (Wildman–Crippen LogP) is 1.41. The van der Waals surface area contributed by atoms with Crippen LogP contribution in [0.2, 0.25) is 0 Å². The van der Waals surface area contributed by atoms with Crippen LogP contribution in [0.3, 0.4) is 0 Å². The second-order valence-electron chi connectivity index (χ2n) is 3.81. The molecule has 1 aliphatic carbocycles. The number of hydrogen-bond acceptors (Lipinski definition) is 4. The number of carboxylic acids is 1. The molecule has 0 atom stereocenters. The van der Waals surface area contributed by atoms with Crippen LogP contribution in [0.5, 0.6) is 0 Å². The maximum Gasteiger partial charge on any atom is 0.354 e. The Morgan fingerprint density at radius 3 is 2.67 bits per heavy atom. The molecule has 1 aromatic rings. The Hall–Kier alpha value is -1.65. The summed E-state index contributed by atoms with van der Waals surface area (Å²) in [5.41, 5.74) is 6.42. The van der Waals surface area contributed by atoms with Crippen LogP contribution in [0.15, 0.2) is 6.33 Å². The van der Waals surface area contributed by atoms with Crippen molar-refractivity contribution in [2.24, 2.45) is 0 Å². The number of nitrogen functional groups attached to an aromatic ring is 1. The van der Waals surface area contributed by atoms with Crippen molar-refractivity contribution in [1.29, 1.82) is 0 Å². The zero-order valence-corrected chi connectivity index (χ0v) is 8.31. The van der Waals surface area contributed by atoms with Crippen LogP contribution in [-0.4, -0.2) is 21.0 Å². The number of anilines is 1. The van der Waals surface area contributed by atoms with E-state index >= 15 is 0 Å². The molecule has 1 saturated carbocycles. The summed E-state index contributed by atoms with van der Waals surface area (Å²) < 4.78 is 0. The van der Waals surface area contributed by atoms with E-state index in [4.69, 9.17) is 10.8 Å². The molecule has 0 radical (unpaired) electrons. The first kappa shape index (κ1) is 9.89. The van der Waals surface area contributed by atoms with Crippen molar-refractivity contribution in [3.8, 4) is 0 Å². The van der Waals surface area contributed by atoms with Crippen LogP contribution < -0.4 is 5.73 Å². The van der Waals surface area contributed by atoms with Gasteiger partial charge in [-0.15, -0.1) is 0 Å². The molecule has 5 nitrogen and oxygen atoms in total. The lowest BCUT2D eigenvalue weighted by molar-refractivity contribution is 0.0688. The Labute approximate surface area is 87.4 Å². The third-order valence-electron chi connectivity index (χ3n) is 2.88. The maximum atomic E-state index is 11.0. The smallest absolute Gasteiger partial charge is 0.354 e. The third-order valence-corrected chi connectivity index (χ3v) is 2.88. The SMILES string of the molecule is Nc1ncnc(C(=O)O)c1C1CCCC1. The van der Waals surface area contributed by atoms with Crippen LogP contribution in [-0.2, 0) is 0 Å². The van der Waals surface area contributed by atoms with Gasteiger partial charge in [-0.2, -0.15) is 0 Å². The maximum absolute atomic E-state index is 11.0. The van der Waals surface area contributed by atoms with E-state index in [1.807, 2.05) is 0 Å². The normalized spacial score (nSPS) is 16.8. The van der Waals surface area contributed by atoms with E-state index in [0.29, 0.717) is 11.4 Å². The molecule has 1 aromatic heterocycles. The molecular weight excluding hydrogens is 194 g/mol. The van der Waals surface area contributed by atoms with E-state index in [0.717, 1.165) is 25.7 Å². The van der Waals surface area contributed by atoms with E-state index in [9.17, 15) is 4.79 Å². The van der Waals surface area contributed by atoms with E-state index in [-0.39, 0.29) is 11.6 Å². The number of hydrogen-bond donors (Lipinski definition) is 2. The van der Waals surface area contributed by atoms with E-state index in [1.165, 1.54) is 6.33 Å². The van der Waals surface area contributed by atoms with Crippen molar-refractivity contribution >= 4 is 11.8 Å². The minimum absolute atomic E-state index is 0.0643.